The van der Waals surface area contributed by atoms with Crippen molar-refractivity contribution < 1.29 is 17.6 Å². The third-order valence-corrected chi connectivity index (χ3v) is 7.22. The van der Waals surface area contributed by atoms with Crippen LogP contribution < -0.4 is 10.5 Å². The lowest BCUT2D eigenvalue weighted by Crippen LogP contribution is -2.39. The summed E-state index contributed by atoms with van der Waals surface area (Å²) in [5.41, 5.74) is 5.03. The minimum atomic E-state index is -3.83. The first-order valence-corrected chi connectivity index (χ1v) is 9.49. The molecule has 0 aliphatic carbocycles. The van der Waals surface area contributed by atoms with Gasteiger partial charge in [-0.2, -0.15) is 0 Å². The van der Waals surface area contributed by atoms with E-state index < -0.39 is 31.4 Å². The number of sulfonamides is 1. The molecule has 1 aliphatic heterocycles. The van der Waals surface area contributed by atoms with Crippen LogP contribution >= 0.6 is 11.3 Å². The van der Waals surface area contributed by atoms with E-state index in [1.165, 1.54) is 0 Å². The highest BCUT2D eigenvalue weighted by Gasteiger charge is 2.28. The van der Waals surface area contributed by atoms with Gasteiger partial charge in [-0.25, -0.2) is 13.1 Å². The Labute approximate surface area is 122 Å². The first kappa shape index (κ1) is 15.4. The third kappa shape index (κ3) is 3.34. The third-order valence-electron chi connectivity index (χ3n) is 2.89. The first-order chi connectivity index (χ1) is 9.29. The average molecular weight is 339 g/mol. The van der Waals surface area contributed by atoms with Crippen molar-refractivity contribution >= 4 is 42.8 Å². The second-order valence-electron chi connectivity index (χ2n) is 4.32. The summed E-state index contributed by atoms with van der Waals surface area (Å²) in [7, 11) is -4.71. The van der Waals surface area contributed by atoms with Gasteiger partial charge in [0.15, 0.2) is 5.00 Å². The van der Waals surface area contributed by atoms with Crippen LogP contribution in [0.25, 0.3) is 0 Å². The van der Waals surface area contributed by atoms with E-state index in [4.69, 9.17) is 5.73 Å². The van der Waals surface area contributed by atoms with Gasteiger partial charge in [0.2, 0.25) is 0 Å². The molecule has 0 bridgehead atoms. The molecule has 11 heteroatoms. The summed E-state index contributed by atoms with van der Waals surface area (Å²) in [6.45, 7) is 0. The van der Waals surface area contributed by atoms with Crippen LogP contribution in [0.15, 0.2) is 10.3 Å². The zero-order valence-electron chi connectivity index (χ0n) is 10.3. The molecule has 0 unspecified atom stereocenters. The molecule has 1 saturated heterocycles. The zero-order chi connectivity index (χ0) is 14.9. The molecule has 8 nitrogen and oxygen atoms in total. The van der Waals surface area contributed by atoms with E-state index in [2.05, 4.69) is 4.72 Å². The maximum absolute atomic E-state index is 12.1. The fourth-order valence-electron chi connectivity index (χ4n) is 1.84. The van der Waals surface area contributed by atoms with Crippen molar-refractivity contribution in [3.05, 3.63) is 16.2 Å². The number of nitrogens with zero attached hydrogens (tertiary/aromatic N) is 1. The number of anilines is 1. The second kappa shape index (κ2) is 5.76. The smallest absolute Gasteiger partial charge is 0.304 e. The molecule has 0 aromatic carbocycles. The van der Waals surface area contributed by atoms with Gasteiger partial charge in [-0.1, -0.05) is 11.3 Å². The fourth-order valence-corrected chi connectivity index (χ4v) is 5.67. The van der Waals surface area contributed by atoms with E-state index in [0.29, 0.717) is 35.7 Å². The molecule has 0 saturated carbocycles. The van der Waals surface area contributed by atoms with Crippen molar-refractivity contribution in [3.63, 3.8) is 0 Å². The van der Waals surface area contributed by atoms with Crippen LogP contribution in [0.1, 0.15) is 12.8 Å². The molecule has 112 valence electrons. The van der Waals surface area contributed by atoms with Crippen molar-refractivity contribution in [1.82, 2.24) is 4.72 Å². The molecule has 1 aromatic rings. The minimum Gasteiger partial charge on any atom is -0.385 e. The molecule has 1 aromatic heterocycles. The highest BCUT2D eigenvalue weighted by Crippen LogP contribution is 2.34. The number of hydrogen-bond acceptors (Lipinski definition) is 7. The SMILES string of the molecule is Nc1sc(S(=O)(=O)NC2CCS(=O)CC2)cc1[N+](=O)[O-]. The number of nitrogens with two attached hydrogens (primary N) is 1. The number of nitro groups is 1. The normalized spacial score (nSPS) is 23.6. The largest absolute Gasteiger partial charge is 0.385 e. The summed E-state index contributed by atoms with van der Waals surface area (Å²) in [4.78, 5) is 9.96. The van der Waals surface area contributed by atoms with Crippen LogP contribution in [0, 0.1) is 10.1 Å². The Morgan fingerprint density at radius 1 is 1.45 bits per heavy atom. The highest BCUT2D eigenvalue weighted by molar-refractivity contribution is 7.91. The predicted octanol–water partition coefficient (Wildman–Crippen LogP) is 0.428. The van der Waals surface area contributed by atoms with Crippen LogP contribution in [0.3, 0.4) is 0 Å². The van der Waals surface area contributed by atoms with Gasteiger partial charge in [-0.3, -0.25) is 14.3 Å². The van der Waals surface area contributed by atoms with Crippen molar-refractivity contribution in [1.29, 1.82) is 0 Å². The van der Waals surface area contributed by atoms with E-state index in [0.717, 1.165) is 6.07 Å². The minimum absolute atomic E-state index is 0.139. The molecule has 1 fully saturated rings. The van der Waals surface area contributed by atoms with Gasteiger partial charge < -0.3 is 5.73 Å². The Bertz CT molecular complexity index is 644. The summed E-state index contributed by atoms with van der Waals surface area (Å²) in [5, 5.41) is 10.5. The van der Waals surface area contributed by atoms with Gasteiger partial charge in [-0.15, -0.1) is 0 Å². The highest BCUT2D eigenvalue weighted by atomic mass is 32.2. The molecule has 0 atom stereocenters. The van der Waals surface area contributed by atoms with Gasteiger partial charge in [0, 0.05) is 34.4 Å². The molecule has 2 rings (SSSR count). The van der Waals surface area contributed by atoms with Gasteiger partial charge in [0.05, 0.1) is 4.92 Å². The van der Waals surface area contributed by atoms with Crippen LogP contribution in [0.5, 0.6) is 0 Å². The lowest BCUT2D eigenvalue weighted by atomic mass is 10.2. The van der Waals surface area contributed by atoms with Gasteiger partial charge in [0.1, 0.15) is 4.21 Å². The molecule has 3 N–H and O–H groups in total. The number of thiophene rings is 1. The van der Waals surface area contributed by atoms with Crippen molar-refractivity contribution in [2.75, 3.05) is 17.2 Å². The van der Waals surface area contributed by atoms with E-state index in [-0.39, 0.29) is 15.3 Å². The van der Waals surface area contributed by atoms with Crippen molar-refractivity contribution in [3.8, 4) is 0 Å². The lowest BCUT2D eigenvalue weighted by molar-refractivity contribution is -0.383. The molecule has 0 radical (unpaired) electrons. The number of hydrogen-bond donors (Lipinski definition) is 2. The Kier molecular flexibility index (Phi) is 4.42. The molecule has 0 amide bonds. The lowest BCUT2D eigenvalue weighted by Gasteiger charge is -2.21. The summed E-state index contributed by atoms with van der Waals surface area (Å²) < 4.78 is 37.8. The Hall–Kier alpha value is -1.04. The quantitative estimate of drug-likeness (QED) is 0.604. The summed E-state index contributed by atoms with van der Waals surface area (Å²) in [6.07, 6.45) is 0.990. The Morgan fingerprint density at radius 3 is 2.55 bits per heavy atom. The maximum atomic E-state index is 12.1. The van der Waals surface area contributed by atoms with E-state index >= 15 is 0 Å². The van der Waals surface area contributed by atoms with Crippen LogP contribution in [-0.4, -0.2) is 35.1 Å². The van der Waals surface area contributed by atoms with E-state index in [1.807, 2.05) is 0 Å². The number of nitrogen functional groups attached to an aromatic ring is 1. The molecular weight excluding hydrogens is 326 g/mol. The Morgan fingerprint density at radius 2 is 2.05 bits per heavy atom. The zero-order valence-corrected chi connectivity index (χ0v) is 12.7. The molecule has 1 aliphatic rings. The van der Waals surface area contributed by atoms with Gasteiger partial charge >= 0.3 is 5.69 Å². The van der Waals surface area contributed by atoms with Gasteiger partial charge in [0.25, 0.3) is 10.0 Å². The topological polar surface area (TPSA) is 132 Å². The van der Waals surface area contributed by atoms with Crippen molar-refractivity contribution in [2.24, 2.45) is 0 Å². The molecule has 0 spiro atoms. The molecule has 2 heterocycles. The fraction of sp³-hybridized carbons (Fsp3) is 0.556. The van der Waals surface area contributed by atoms with E-state index in [9.17, 15) is 22.7 Å². The maximum Gasteiger partial charge on any atom is 0.304 e. The predicted molar refractivity (Wildman–Crippen MR) is 76.6 cm³/mol. The summed E-state index contributed by atoms with van der Waals surface area (Å²) in [6, 6.07) is 0.670. The summed E-state index contributed by atoms with van der Waals surface area (Å²) >= 11 is 0.664. The van der Waals surface area contributed by atoms with Crippen LogP contribution in [0.2, 0.25) is 0 Å². The summed E-state index contributed by atoms with van der Waals surface area (Å²) in [5.74, 6) is 0.916. The standard InChI is InChI=1S/C9H13N3O5S3/c10-9-7(12(13)14)5-8(18-9)20(16,17)11-6-1-3-19(15)4-2-6/h5-6,11H,1-4,10H2. The first-order valence-electron chi connectivity index (χ1n) is 5.70. The van der Waals surface area contributed by atoms with Crippen molar-refractivity contribution in [2.45, 2.75) is 23.1 Å². The average Bonchev–Trinajstić information content (AvgIpc) is 2.75. The van der Waals surface area contributed by atoms with Gasteiger partial charge in [-0.05, 0) is 12.8 Å². The van der Waals surface area contributed by atoms with Crippen LogP contribution in [-0.2, 0) is 20.8 Å². The Balaban J connectivity index is 2.16. The molecule has 20 heavy (non-hydrogen) atoms. The second-order valence-corrected chi connectivity index (χ2v) is 9.04. The molecular formula is C9H13N3O5S3. The monoisotopic (exact) mass is 339 g/mol. The number of rotatable bonds is 4. The number of nitrogens with one attached hydrogen (secondary N) is 1. The van der Waals surface area contributed by atoms with E-state index in [1.54, 1.807) is 0 Å². The van der Waals surface area contributed by atoms with Crippen LogP contribution in [0.4, 0.5) is 10.7 Å².